The third-order valence-corrected chi connectivity index (χ3v) is 1.77. The highest BCUT2D eigenvalue weighted by atomic mass is 19.4. The molecule has 18 heavy (non-hydrogen) atoms. The second-order valence-electron chi connectivity index (χ2n) is 3.44. The van der Waals surface area contributed by atoms with Gasteiger partial charge in [-0.2, -0.15) is 13.2 Å². The number of aliphatic hydroxyl groups is 1. The Kier molecular flexibility index (Phi) is 4.49. The van der Waals surface area contributed by atoms with Gasteiger partial charge in [0, 0.05) is 13.1 Å². The SMILES string of the molecule is CC(=O)Nc1cc(CO)cnc1OCC(F)(F)F. The quantitative estimate of drug-likeness (QED) is 0.864. The zero-order valence-electron chi connectivity index (χ0n) is 9.41. The molecule has 0 aromatic carbocycles. The number of carbonyl (C=O) groups excluding carboxylic acids is 1. The highest BCUT2D eigenvalue weighted by molar-refractivity contribution is 5.90. The Morgan fingerprint density at radius 2 is 2.22 bits per heavy atom. The highest BCUT2D eigenvalue weighted by Crippen LogP contribution is 2.25. The van der Waals surface area contributed by atoms with Crippen molar-refractivity contribution in [2.45, 2.75) is 19.7 Å². The van der Waals surface area contributed by atoms with E-state index < -0.39 is 18.7 Å². The van der Waals surface area contributed by atoms with Crippen molar-refractivity contribution < 1.29 is 27.8 Å². The topological polar surface area (TPSA) is 71.5 Å². The van der Waals surface area contributed by atoms with Crippen molar-refractivity contribution >= 4 is 11.6 Å². The first-order chi connectivity index (χ1) is 8.31. The van der Waals surface area contributed by atoms with Crippen molar-refractivity contribution in [2.24, 2.45) is 0 Å². The van der Waals surface area contributed by atoms with Crippen LogP contribution >= 0.6 is 0 Å². The van der Waals surface area contributed by atoms with Crippen molar-refractivity contribution in [2.75, 3.05) is 11.9 Å². The summed E-state index contributed by atoms with van der Waals surface area (Å²) in [7, 11) is 0. The van der Waals surface area contributed by atoms with Crippen molar-refractivity contribution in [3.8, 4) is 5.88 Å². The van der Waals surface area contributed by atoms with Crippen LogP contribution in [0.5, 0.6) is 5.88 Å². The number of rotatable bonds is 4. The van der Waals surface area contributed by atoms with Crippen LogP contribution in [0.15, 0.2) is 12.3 Å². The van der Waals surface area contributed by atoms with Crippen molar-refractivity contribution in [3.05, 3.63) is 17.8 Å². The number of aliphatic hydroxyl groups excluding tert-OH is 1. The molecule has 8 heteroatoms. The first-order valence-electron chi connectivity index (χ1n) is 4.89. The number of anilines is 1. The number of hydrogen-bond acceptors (Lipinski definition) is 4. The van der Waals surface area contributed by atoms with Crippen LogP contribution in [0, 0.1) is 0 Å². The fourth-order valence-electron chi connectivity index (χ4n) is 1.13. The largest absolute Gasteiger partial charge is 0.467 e. The first-order valence-corrected chi connectivity index (χ1v) is 4.89. The summed E-state index contributed by atoms with van der Waals surface area (Å²) in [6.45, 7) is -0.663. The van der Waals surface area contributed by atoms with Gasteiger partial charge in [0.25, 0.3) is 0 Å². The van der Waals surface area contributed by atoms with Crippen LogP contribution in [-0.2, 0) is 11.4 Å². The minimum absolute atomic E-state index is 0.0155. The van der Waals surface area contributed by atoms with Gasteiger partial charge in [-0.3, -0.25) is 4.79 Å². The maximum atomic E-state index is 12.0. The number of hydrogen-bond donors (Lipinski definition) is 2. The van der Waals surface area contributed by atoms with Gasteiger partial charge >= 0.3 is 6.18 Å². The molecule has 0 bridgehead atoms. The Morgan fingerprint density at radius 3 is 2.72 bits per heavy atom. The number of ether oxygens (including phenoxy) is 1. The predicted octanol–water partition coefficient (Wildman–Crippen LogP) is 1.47. The summed E-state index contributed by atoms with van der Waals surface area (Å²) < 4.78 is 40.5. The van der Waals surface area contributed by atoms with Gasteiger partial charge in [-0.15, -0.1) is 0 Å². The van der Waals surface area contributed by atoms with Crippen LogP contribution in [0.2, 0.25) is 0 Å². The molecular weight excluding hydrogens is 253 g/mol. The van der Waals surface area contributed by atoms with Crippen LogP contribution in [0.4, 0.5) is 18.9 Å². The summed E-state index contributed by atoms with van der Waals surface area (Å²) in [6.07, 6.45) is -3.33. The van der Waals surface area contributed by atoms with E-state index in [1.54, 1.807) is 0 Å². The molecule has 1 aromatic heterocycles. The smallest absolute Gasteiger partial charge is 0.422 e. The second-order valence-corrected chi connectivity index (χ2v) is 3.44. The summed E-state index contributed by atoms with van der Waals surface area (Å²) in [6, 6.07) is 1.29. The van der Waals surface area contributed by atoms with Gasteiger partial charge in [0.2, 0.25) is 11.8 Å². The maximum Gasteiger partial charge on any atom is 0.422 e. The van der Waals surface area contributed by atoms with E-state index >= 15 is 0 Å². The Morgan fingerprint density at radius 1 is 1.56 bits per heavy atom. The lowest BCUT2D eigenvalue weighted by molar-refractivity contribution is -0.153. The number of pyridine rings is 1. The lowest BCUT2D eigenvalue weighted by Gasteiger charge is -2.12. The summed E-state index contributed by atoms with van der Waals surface area (Å²) >= 11 is 0. The molecule has 1 rings (SSSR count). The molecule has 1 aromatic rings. The van der Waals surface area contributed by atoms with Gasteiger partial charge in [-0.25, -0.2) is 4.98 Å². The third-order valence-electron chi connectivity index (χ3n) is 1.77. The Bertz CT molecular complexity index is 435. The van der Waals surface area contributed by atoms with E-state index in [2.05, 4.69) is 15.0 Å². The lowest BCUT2D eigenvalue weighted by atomic mass is 10.2. The summed E-state index contributed by atoms with van der Waals surface area (Å²) in [5.74, 6) is -0.830. The van der Waals surface area contributed by atoms with Crippen LogP contribution in [0.25, 0.3) is 0 Å². The van der Waals surface area contributed by atoms with Gasteiger partial charge in [-0.05, 0) is 11.6 Å². The van der Waals surface area contributed by atoms with E-state index in [1.165, 1.54) is 13.0 Å². The number of nitrogens with zero attached hydrogens (tertiary/aromatic N) is 1. The number of amides is 1. The van der Waals surface area contributed by atoms with Crippen LogP contribution < -0.4 is 10.1 Å². The average molecular weight is 264 g/mol. The van der Waals surface area contributed by atoms with Gasteiger partial charge < -0.3 is 15.2 Å². The van der Waals surface area contributed by atoms with Gasteiger partial charge in [0.15, 0.2) is 6.61 Å². The second kappa shape index (κ2) is 5.67. The van der Waals surface area contributed by atoms with Gasteiger partial charge in [-0.1, -0.05) is 0 Å². The molecule has 0 unspecified atom stereocenters. The molecule has 0 radical (unpaired) electrons. The molecule has 0 fully saturated rings. The van der Waals surface area contributed by atoms with E-state index in [9.17, 15) is 18.0 Å². The van der Waals surface area contributed by atoms with E-state index in [1.807, 2.05) is 0 Å². The number of halogens is 3. The zero-order valence-corrected chi connectivity index (χ0v) is 9.41. The minimum atomic E-state index is -4.50. The monoisotopic (exact) mass is 264 g/mol. The maximum absolute atomic E-state index is 12.0. The Balaban J connectivity index is 2.91. The standard InChI is InChI=1S/C10H11F3N2O3/c1-6(17)15-8-2-7(4-16)3-14-9(8)18-5-10(11,12)13/h2-3,16H,4-5H2,1H3,(H,15,17). The van der Waals surface area contributed by atoms with E-state index in [0.29, 0.717) is 5.56 Å². The summed E-state index contributed by atoms with van der Waals surface area (Å²) in [5.41, 5.74) is 0.330. The average Bonchev–Trinajstić information content (AvgIpc) is 2.25. The van der Waals surface area contributed by atoms with Crippen LogP contribution in [0.1, 0.15) is 12.5 Å². The van der Waals surface area contributed by atoms with E-state index in [4.69, 9.17) is 5.11 Å². The predicted molar refractivity (Wildman–Crippen MR) is 56.0 cm³/mol. The fourth-order valence-corrected chi connectivity index (χ4v) is 1.13. The van der Waals surface area contributed by atoms with Crippen molar-refractivity contribution in [3.63, 3.8) is 0 Å². The lowest BCUT2D eigenvalue weighted by Crippen LogP contribution is -2.20. The van der Waals surface area contributed by atoms with E-state index in [0.717, 1.165) is 6.20 Å². The molecule has 2 N–H and O–H groups in total. The summed E-state index contributed by atoms with van der Waals surface area (Å²) in [4.78, 5) is 14.5. The molecule has 0 saturated carbocycles. The van der Waals surface area contributed by atoms with Crippen molar-refractivity contribution in [1.29, 1.82) is 0 Å². The van der Waals surface area contributed by atoms with Crippen LogP contribution in [0.3, 0.4) is 0 Å². The zero-order chi connectivity index (χ0) is 13.8. The molecule has 0 aliphatic carbocycles. The van der Waals surface area contributed by atoms with Gasteiger partial charge in [0.1, 0.15) is 5.69 Å². The molecule has 100 valence electrons. The number of alkyl halides is 3. The Hall–Kier alpha value is -1.83. The fraction of sp³-hybridized carbons (Fsp3) is 0.400. The minimum Gasteiger partial charge on any atom is -0.467 e. The highest BCUT2D eigenvalue weighted by Gasteiger charge is 2.29. The molecular formula is C10H11F3N2O3. The van der Waals surface area contributed by atoms with Crippen molar-refractivity contribution in [1.82, 2.24) is 4.98 Å². The molecule has 0 aliphatic heterocycles. The van der Waals surface area contributed by atoms with E-state index in [-0.39, 0.29) is 18.2 Å². The molecule has 1 amide bonds. The molecule has 0 spiro atoms. The number of carbonyl (C=O) groups is 1. The molecule has 0 atom stereocenters. The summed E-state index contributed by atoms with van der Waals surface area (Å²) in [5, 5.41) is 11.2. The molecule has 5 nitrogen and oxygen atoms in total. The normalized spacial score (nSPS) is 11.2. The first kappa shape index (κ1) is 14.2. The molecule has 0 aliphatic rings. The number of aromatic nitrogens is 1. The number of nitrogens with one attached hydrogen (secondary N) is 1. The van der Waals surface area contributed by atoms with Crippen LogP contribution in [-0.4, -0.2) is 28.8 Å². The Labute approximate surface area is 101 Å². The molecule has 1 heterocycles. The van der Waals surface area contributed by atoms with Gasteiger partial charge in [0.05, 0.1) is 6.61 Å². The molecule has 0 saturated heterocycles. The third kappa shape index (κ3) is 4.58.